The van der Waals surface area contributed by atoms with Gasteiger partial charge in [0.25, 0.3) is 5.56 Å². The third-order valence-corrected chi connectivity index (χ3v) is 2.69. The second-order valence-electron chi connectivity index (χ2n) is 3.73. The number of aryl methyl sites for hydroxylation is 1. The zero-order valence-corrected chi connectivity index (χ0v) is 9.08. The predicted molar refractivity (Wildman–Crippen MR) is 61.6 cm³/mol. The van der Waals surface area contributed by atoms with Crippen LogP contribution in [0.4, 0.5) is 0 Å². The molecule has 0 aromatic carbocycles. The molecule has 0 bridgehead atoms. The van der Waals surface area contributed by atoms with Crippen molar-refractivity contribution in [2.75, 3.05) is 0 Å². The van der Waals surface area contributed by atoms with E-state index in [-0.39, 0.29) is 5.56 Å². The second kappa shape index (κ2) is 3.51. The molecule has 0 saturated heterocycles. The van der Waals surface area contributed by atoms with Gasteiger partial charge in [0.1, 0.15) is 0 Å². The van der Waals surface area contributed by atoms with E-state index in [4.69, 9.17) is 0 Å². The SMILES string of the molecule is Cc1cccn2c(=O)c(-c3nn[nH]n3)ccc12. The molecule has 3 aromatic rings. The standard InChI is InChI=1S/C11H9N5O/c1-7-3-2-6-16-9(7)5-4-8(11(16)17)10-12-14-15-13-10/h2-6H,1H3,(H,12,13,14,15). The van der Waals surface area contributed by atoms with Crippen LogP contribution in [0.5, 0.6) is 0 Å². The average molecular weight is 227 g/mol. The van der Waals surface area contributed by atoms with Crippen molar-refractivity contribution < 1.29 is 0 Å². The fourth-order valence-corrected chi connectivity index (χ4v) is 1.83. The van der Waals surface area contributed by atoms with Crippen molar-refractivity contribution in [3.8, 4) is 11.4 Å². The first kappa shape index (κ1) is 9.71. The minimum absolute atomic E-state index is 0.146. The maximum Gasteiger partial charge on any atom is 0.266 e. The van der Waals surface area contributed by atoms with Crippen LogP contribution in [-0.4, -0.2) is 25.0 Å². The third kappa shape index (κ3) is 1.42. The molecule has 0 unspecified atom stereocenters. The molecule has 3 rings (SSSR count). The number of hydrogen-bond acceptors (Lipinski definition) is 4. The minimum atomic E-state index is -0.146. The molecule has 0 aliphatic rings. The highest BCUT2D eigenvalue weighted by atomic mass is 16.1. The molecule has 17 heavy (non-hydrogen) atoms. The van der Waals surface area contributed by atoms with Crippen molar-refractivity contribution >= 4 is 5.52 Å². The van der Waals surface area contributed by atoms with Gasteiger partial charge in [-0.3, -0.25) is 9.20 Å². The van der Waals surface area contributed by atoms with E-state index in [1.807, 2.05) is 25.1 Å². The van der Waals surface area contributed by atoms with E-state index in [1.165, 1.54) is 0 Å². The van der Waals surface area contributed by atoms with Crippen LogP contribution >= 0.6 is 0 Å². The van der Waals surface area contributed by atoms with Gasteiger partial charge in [0.05, 0.1) is 11.1 Å². The smallest absolute Gasteiger partial charge is 0.266 e. The van der Waals surface area contributed by atoms with Gasteiger partial charge in [-0.1, -0.05) is 6.07 Å². The first-order chi connectivity index (χ1) is 8.27. The lowest BCUT2D eigenvalue weighted by Gasteiger charge is -2.04. The molecule has 0 saturated carbocycles. The van der Waals surface area contributed by atoms with Crippen LogP contribution in [0.3, 0.4) is 0 Å². The number of rotatable bonds is 1. The summed E-state index contributed by atoms with van der Waals surface area (Å²) in [6, 6.07) is 7.39. The maximum atomic E-state index is 12.2. The highest BCUT2D eigenvalue weighted by molar-refractivity contribution is 5.61. The predicted octanol–water partition coefficient (Wildman–Crippen LogP) is 0.788. The molecule has 84 valence electrons. The summed E-state index contributed by atoms with van der Waals surface area (Å²) in [4.78, 5) is 12.2. The number of fused-ring (bicyclic) bond motifs is 1. The molecule has 0 aliphatic carbocycles. The summed E-state index contributed by atoms with van der Waals surface area (Å²) in [5.41, 5.74) is 2.21. The van der Waals surface area contributed by atoms with Crippen LogP contribution < -0.4 is 5.56 Å². The van der Waals surface area contributed by atoms with E-state index < -0.39 is 0 Å². The Morgan fingerprint density at radius 3 is 2.94 bits per heavy atom. The van der Waals surface area contributed by atoms with E-state index in [1.54, 1.807) is 16.7 Å². The van der Waals surface area contributed by atoms with E-state index in [0.717, 1.165) is 11.1 Å². The van der Waals surface area contributed by atoms with E-state index in [9.17, 15) is 4.79 Å². The number of tetrazole rings is 1. The van der Waals surface area contributed by atoms with Crippen LogP contribution in [0.1, 0.15) is 5.56 Å². The van der Waals surface area contributed by atoms with E-state index in [2.05, 4.69) is 20.6 Å². The number of H-pyrrole nitrogens is 1. The maximum absolute atomic E-state index is 12.2. The molecule has 6 heteroatoms. The lowest BCUT2D eigenvalue weighted by molar-refractivity contribution is 0.881. The first-order valence-corrected chi connectivity index (χ1v) is 5.12. The van der Waals surface area contributed by atoms with Gasteiger partial charge in [0, 0.05) is 6.20 Å². The Balaban J connectivity index is 2.38. The Hall–Kier alpha value is -2.50. The van der Waals surface area contributed by atoms with Crippen LogP contribution in [0, 0.1) is 6.92 Å². The summed E-state index contributed by atoms with van der Waals surface area (Å²) in [5, 5.41) is 13.4. The van der Waals surface area contributed by atoms with Gasteiger partial charge in [-0.2, -0.15) is 5.21 Å². The van der Waals surface area contributed by atoms with Crippen molar-refractivity contribution in [2.24, 2.45) is 0 Å². The van der Waals surface area contributed by atoms with Crippen molar-refractivity contribution in [3.05, 3.63) is 46.4 Å². The number of nitrogens with zero attached hydrogens (tertiary/aromatic N) is 4. The Bertz CT molecular complexity index is 729. The molecule has 0 radical (unpaired) electrons. The molecule has 1 N–H and O–H groups in total. The number of pyridine rings is 2. The summed E-state index contributed by atoms with van der Waals surface area (Å²) < 4.78 is 1.58. The molecule has 0 amide bonds. The van der Waals surface area contributed by atoms with Gasteiger partial charge in [0.15, 0.2) is 0 Å². The van der Waals surface area contributed by atoms with Gasteiger partial charge >= 0.3 is 0 Å². The zero-order chi connectivity index (χ0) is 11.8. The van der Waals surface area contributed by atoms with Gasteiger partial charge < -0.3 is 0 Å². The van der Waals surface area contributed by atoms with Gasteiger partial charge in [-0.15, -0.1) is 10.2 Å². The molecule has 0 fully saturated rings. The highest BCUT2D eigenvalue weighted by Gasteiger charge is 2.10. The quantitative estimate of drug-likeness (QED) is 0.666. The molecule has 0 aliphatic heterocycles. The van der Waals surface area contributed by atoms with Crippen molar-refractivity contribution in [3.63, 3.8) is 0 Å². The molecule has 0 atom stereocenters. The van der Waals surface area contributed by atoms with Crippen molar-refractivity contribution in [2.45, 2.75) is 6.92 Å². The summed E-state index contributed by atoms with van der Waals surface area (Å²) >= 11 is 0. The number of aromatic nitrogens is 5. The van der Waals surface area contributed by atoms with Crippen LogP contribution in [0.15, 0.2) is 35.3 Å². The lowest BCUT2D eigenvalue weighted by atomic mass is 10.2. The summed E-state index contributed by atoms with van der Waals surface area (Å²) in [7, 11) is 0. The van der Waals surface area contributed by atoms with Crippen molar-refractivity contribution in [1.29, 1.82) is 0 Å². The van der Waals surface area contributed by atoms with E-state index in [0.29, 0.717) is 11.4 Å². The normalized spacial score (nSPS) is 10.9. The van der Waals surface area contributed by atoms with Gasteiger partial charge in [-0.25, -0.2) is 0 Å². The van der Waals surface area contributed by atoms with Crippen LogP contribution in [-0.2, 0) is 0 Å². The number of aromatic amines is 1. The van der Waals surface area contributed by atoms with Gasteiger partial charge in [0.2, 0.25) is 5.82 Å². The number of nitrogens with one attached hydrogen (secondary N) is 1. The Morgan fingerprint density at radius 1 is 1.29 bits per heavy atom. The van der Waals surface area contributed by atoms with Gasteiger partial charge in [-0.05, 0) is 35.9 Å². The number of hydrogen-bond donors (Lipinski definition) is 1. The minimum Gasteiger partial charge on any atom is -0.283 e. The summed E-state index contributed by atoms with van der Waals surface area (Å²) in [5.74, 6) is 0.311. The zero-order valence-electron chi connectivity index (χ0n) is 9.08. The second-order valence-corrected chi connectivity index (χ2v) is 3.73. The monoisotopic (exact) mass is 227 g/mol. The molecule has 3 heterocycles. The third-order valence-electron chi connectivity index (χ3n) is 2.69. The summed E-state index contributed by atoms with van der Waals surface area (Å²) in [6.45, 7) is 1.96. The largest absolute Gasteiger partial charge is 0.283 e. The van der Waals surface area contributed by atoms with Crippen molar-refractivity contribution in [1.82, 2.24) is 25.0 Å². The van der Waals surface area contributed by atoms with E-state index >= 15 is 0 Å². The Morgan fingerprint density at radius 2 is 2.18 bits per heavy atom. The molecule has 3 aromatic heterocycles. The Labute approximate surface area is 95.9 Å². The summed E-state index contributed by atoms with van der Waals surface area (Å²) in [6.07, 6.45) is 1.73. The Kier molecular flexibility index (Phi) is 2.01. The van der Waals surface area contributed by atoms with Crippen LogP contribution in [0.2, 0.25) is 0 Å². The molecule has 6 nitrogen and oxygen atoms in total. The fourth-order valence-electron chi connectivity index (χ4n) is 1.83. The lowest BCUT2D eigenvalue weighted by Crippen LogP contribution is -2.16. The average Bonchev–Trinajstić information content (AvgIpc) is 2.84. The first-order valence-electron chi connectivity index (χ1n) is 5.12. The fraction of sp³-hybridized carbons (Fsp3) is 0.0909. The molecule has 0 spiro atoms. The van der Waals surface area contributed by atoms with Crippen LogP contribution in [0.25, 0.3) is 16.9 Å². The molecular formula is C11H9N5O. The molecular weight excluding hydrogens is 218 g/mol. The highest BCUT2D eigenvalue weighted by Crippen LogP contribution is 2.12. The topological polar surface area (TPSA) is 75.9 Å².